The predicted molar refractivity (Wildman–Crippen MR) is 73.5 cm³/mol. The van der Waals surface area contributed by atoms with Crippen molar-refractivity contribution in [3.8, 4) is 0 Å². The Labute approximate surface area is 111 Å². The molecule has 0 heterocycles. The first kappa shape index (κ1) is 15.4. The van der Waals surface area contributed by atoms with E-state index in [4.69, 9.17) is 4.74 Å². The van der Waals surface area contributed by atoms with Crippen LogP contribution >= 0.6 is 0 Å². The van der Waals surface area contributed by atoms with Crippen LogP contribution in [-0.2, 0) is 9.53 Å². The zero-order valence-corrected chi connectivity index (χ0v) is 11.8. The summed E-state index contributed by atoms with van der Waals surface area (Å²) in [4.78, 5) is 11.6. The van der Waals surface area contributed by atoms with Crippen molar-refractivity contribution in [2.45, 2.75) is 51.5 Å². The average molecular weight is 256 g/mol. The van der Waals surface area contributed by atoms with Gasteiger partial charge in [0.05, 0.1) is 6.54 Å². The lowest BCUT2D eigenvalue weighted by Gasteiger charge is -2.16. The number of hydrogen-bond acceptors (Lipinski definition) is 3. The van der Waals surface area contributed by atoms with E-state index in [0.717, 1.165) is 12.3 Å². The number of hydrogen-bond donors (Lipinski definition) is 2. The molecule has 2 atom stereocenters. The highest BCUT2D eigenvalue weighted by molar-refractivity contribution is 5.77. The zero-order chi connectivity index (χ0) is 13.2. The summed E-state index contributed by atoms with van der Waals surface area (Å²) in [7, 11) is 1.68. The predicted octanol–water partition coefficient (Wildman–Crippen LogP) is 1.70. The summed E-state index contributed by atoms with van der Waals surface area (Å²) >= 11 is 0. The monoisotopic (exact) mass is 256 g/mol. The molecule has 18 heavy (non-hydrogen) atoms. The van der Waals surface area contributed by atoms with Gasteiger partial charge in [0, 0.05) is 26.3 Å². The number of nitrogens with one attached hydrogen (secondary N) is 2. The van der Waals surface area contributed by atoms with E-state index in [9.17, 15) is 4.79 Å². The Morgan fingerprint density at radius 3 is 2.89 bits per heavy atom. The maximum atomic E-state index is 11.6. The minimum Gasteiger partial charge on any atom is -0.385 e. The van der Waals surface area contributed by atoms with Gasteiger partial charge >= 0.3 is 0 Å². The molecular formula is C14H28N2O2. The average Bonchev–Trinajstić information content (AvgIpc) is 2.57. The first-order valence-electron chi connectivity index (χ1n) is 7.21. The number of carbonyl (C=O) groups is 1. The highest BCUT2D eigenvalue weighted by Gasteiger charge is 2.16. The molecule has 106 valence electrons. The SMILES string of the molecule is COCCCNC(=O)CNC1CCCC(C)CC1. The van der Waals surface area contributed by atoms with Gasteiger partial charge in [0.1, 0.15) is 0 Å². The van der Waals surface area contributed by atoms with Gasteiger partial charge in [-0.15, -0.1) is 0 Å². The fourth-order valence-corrected chi connectivity index (χ4v) is 2.44. The van der Waals surface area contributed by atoms with E-state index in [-0.39, 0.29) is 5.91 Å². The second-order valence-electron chi connectivity index (χ2n) is 5.39. The molecule has 4 heteroatoms. The molecule has 4 nitrogen and oxygen atoms in total. The molecule has 0 spiro atoms. The summed E-state index contributed by atoms with van der Waals surface area (Å²) in [6.45, 7) is 4.18. The van der Waals surface area contributed by atoms with Crippen LogP contribution in [0, 0.1) is 5.92 Å². The fraction of sp³-hybridized carbons (Fsp3) is 0.929. The second-order valence-corrected chi connectivity index (χ2v) is 5.39. The number of rotatable bonds is 7. The van der Waals surface area contributed by atoms with Crippen LogP contribution < -0.4 is 10.6 Å². The van der Waals surface area contributed by atoms with E-state index in [2.05, 4.69) is 17.6 Å². The molecule has 0 saturated heterocycles. The molecule has 1 fully saturated rings. The molecule has 2 N–H and O–H groups in total. The van der Waals surface area contributed by atoms with E-state index >= 15 is 0 Å². The lowest BCUT2D eigenvalue weighted by atomic mass is 10.0. The standard InChI is InChI=1S/C14H28N2O2/c1-12-5-3-6-13(8-7-12)16-11-14(17)15-9-4-10-18-2/h12-13,16H,3-11H2,1-2H3,(H,15,17). The molecule has 1 aliphatic carbocycles. The first-order valence-corrected chi connectivity index (χ1v) is 7.21. The zero-order valence-electron chi connectivity index (χ0n) is 11.8. The van der Waals surface area contributed by atoms with Gasteiger partial charge in [0.2, 0.25) is 5.91 Å². The third-order valence-corrected chi connectivity index (χ3v) is 3.66. The normalized spacial score (nSPS) is 24.6. The number of ether oxygens (including phenoxy) is 1. The number of amides is 1. The lowest BCUT2D eigenvalue weighted by Crippen LogP contribution is -2.39. The Kier molecular flexibility index (Phi) is 8.01. The summed E-state index contributed by atoms with van der Waals surface area (Å²) < 4.78 is 4.94. The van der Waals surface area contributed by atoms with E-state index in [0.29, 0.717) is 25.7 Å². The third-order valence-electron chi connectivity index (χ3n) is 3.66. The van der Waals surface area contributed by atoms with Gasteiger partial charge in [-0.3, -0.25) is 4.79 Å². The van der Waals surface area contributed by atoms with Crippen LogP contribution in [0.4, 0.5) is 0 Å². The summed E-state index contributed by atoms with van der Waals surface area (Å²) in [5.41, 5.74) is 0. The molecule has 1 aliphatic rings. The summed E-state index contributed by atoms with van der Waals surface area (Å²) in [5, 5.41) is 6.28. The first-order chi connectivity index (χ1) is 8.72. The van der Waals surface area contributed by atoms with Gasteiger partial charge < -0.3 is 15.4 Å². The van der Waals surface area contributed by atoms with E-state index in [1.54, 1.807) is 7.11 Å². The Morgan fingerprint density at radius 1 is 1.28 bits per heavy atom. The van der Waals surface area contributed by atoms with Crippen LogP contribution in [0.2, 0.25) is 0 Å². The lowest BCUT2D eigenvalue weighted by molar-refractivity contribution is -0.120. The maximum absolute atomic E-state index is 11.6. The Hall–Kier alpha value is -0.610. The van der Waals surface area contributed by atoms with Gasteiger partial charge in [0.15, 0.2) is 0 Å². The third kappa shape index (κ3) is 6.97. The largest absolute Gasteiger partial charge is 0.385 e. The molecule has 1 amide bonds. The van der Waals surface area contributed by atoms with Crippen molar-refractivity contribution in [1.82, 2.24) is 10.6 Å². The van der Waals surface area contributed by atoms with Gasteiger partial charge in [-0.25, -0.2) is 0 Å². The highest BCUT2D eigenvalue weighted by atomic mass is 16.5. The van der Waals surface area contributed by atoms with Crippen LogP contribution in [0.1, 0.15) is 45.4 Å². The fourth-order valence-electron chi connectivity index (χ4n) is 2.44. The van der Waals surface area contributed by atoms with Crippen LogP contribution in [0.3, 0.4) is 0 Å². The minimum absolute atomic E-state index is 0.100. The van der Waals surface area contributed by atoms with Gasteiger partial charge in [-0.05, 0) is 31.6 Å². The molecule has 0 bridgehead atoms. The van der Waals surface area contributed by atoms with Crippen molar-refractivity contribution in [1.29, 1.82) is 0 Å². The van der Waals surface area contributed by atoms with Gasteiger partial charge in [-0.2, -0.15) is 0 Å². The van der Waals surface area contributed by atoms with Crippen LogP contribution in [0.5, 0.6) is 0 Å². The quantitative estimate of drug-likeness (QED) is 0.538. The van der Waals surface area contributed by atoms with E-state index in [1.165, 1.54) is 32.1 Å². The molecule has 0 aromatic heterocycles. The molecule has 0 radical (unpaired) electrons. The molecule has 0 aromatic carbocycles. The van der Waals surface area contributed by atoms with Gasteiger partial charge in [-0.1, -0.05) is 19.8 Å². The number of methoxy groups -OCH3 is 1. The molecule has 2 unspecified atom stereocenters. The Balaban J connectivity index is 2.06. The van der Waals surface area contributed by atoms with Crippen molar-refractivity contribution in [2.24, 2.45) is 5.92 Å². The van der Waals surface area contributed by atoms with Crippen LogP contribution in [0.25, 0.3) is 0 Å². The number of carbonyl (C=O) groups excluding carboxylic acids is 1. The van der Waals surface area contributed by atoms with Crippen molar-refractivity contribution in [3.63, 3.8) is 0 Å². The van der Waals surface area contributed by atoms with Crippen LogP contribution in [0.15, 0.2) is 0 Å². The second kappa shape index (κ2) is 9.34. The van der Waals surface area contributed by atoms with E-state index in [1.807, 2.05) is 0 Å². The smallest absolute Gasteiger partial charge is 0.233 e. The molecule has 0 aromatic rings. The topological polar surface area (TPSA) is 50.4 Å². The summed E-state index contributed by atoms with van der Waals surface area (Å²) in [6, 6.07) is 0.527. The van der Waals surface area contributed by atoms with Crippen molar-refractivity contribution in [2.75, 3.05) is 26.8 Å². The van der Waals surface area contributed by atoms with Crippen molar-refractivity contribution >= 4 is 5.91 Å². The molecule has 1 rings (SSSR count). The molecule has 1 saturated carbocycles. The highest BCUT2D eigenvalue weighted by Crippen LogP contribution is 2.22. The maximum Gasteiger partial charge on any atom is 0.233 e. The van der Waals surface area contributed by atoms with Gasteiger partial charge in [0.25, 0.3) is 0 Å². The molecule has 0 aliphatic heterocycles. The Morgan fingerprint density at radius 2 is 2.11 bits per heavy atom. The minimum atomic E-state index is 0.100. The van der Waals surface area contributed by atoms with Crippen molar-refractivity contribution in [3.05, 3.63) is 0 Å². The summed E-state index contributed by atoms with van der Waals surface area (Å²) in [5.74, 6) is 0.947. The van der Waals surface area contributed by atoms with E-state index < -0.39 is 0 Å². The molecular weight excluding hydrogens is 228 g/mol. The summed E-state index contributed by atoms with van der Waals surface area (Å²) in [6.07, 6.45) is 7.20. The van der Waals surface area contributed by atoms with Crippen molar-refractivity contribution < 1.29 is 9.53 Å². The Bertz CT molecular complexity index is 234. The van der Waals surface area contributed by atoms with Crippen LogP contribution in [-0.4, -0.2) is 38.8 Å².